The van der Waals surface area contributed by atoms with Crippen LogP contribution in [0.2, 0.25) is 0 Å². The van der Waals surface area contributed by atoms with Crippen LogP contribution in [-0.2, 0) is 11.2 Å². The predicted molar refractivity (Wildman–Crippen MR) is 47.5 cm³/mol. The summed E-state index contributed by atoms with van der Waals surface area (Å²) in [4.78, 5) is 17.3. The zero-order valence-electron chi connectivity index (χ0n) is 7.36. The molecule has 0 atom stereocenters. The number of hydrogen-bond acceptors (Lipinski definition) is 4. The Morgan fingerprint density at radius 3 is 3.00 bits per heavy atom. The lowest BCUT2D eigenvalue weighted by Gasteiger charge is -1.99. The Balaban J connectivity index is 2.53. The number of hydrogen-bond donors (Lipinski definition) is 0. The van der Waals surface area contributed by atoms with Crippen molar-refractivity contribution < 1.29 is 9.53 Å². The Morgan fingerprint density at radius 2 is 2.46 bits per heavy atom. The van der Waals surface area contributed by atoms with Crippen molar-refractivity contribution in [2.45, 2.75) is 6.42 Å². The van der Waals surface area contributed by atoms with Gasteiger partial charge in [-0.3, -0.25) is 4.98 Å². The van der Waals surface area contributed by atoms with Gasteiger partial charge in [0.05, 0.1) is 19.9 Å². The van der Waals surface area contributed by atoms with E-state index in [1.165, 1.54) is 6.08 Å². The van der Waals surface area contributed by atoms with E-state index in [2.05, 4.69) is 9.98 Å². The molecule has 0 unspecified atom stereocenters. The molecule has 1 heterocycles. The van der Waals surface area contributed by atoms with Gasteiger partial charge in [-0.25, -0.2) is 9.79 Å². The fourth-order valence-electron chi connectivity index (χ4n) is 0.896. The van der Waals surface area contributed by atoms with Crippen LogP contribution in [0.4, 0.5) is 0 Å². The molecule has 0 spiro atoms. The number of rotatable bonds is 4. The van der Waals surface area contributed by atoms with Crippen LogP contribution in [0, 0.1) is 0 Å². The first kappa shape index (κ1) is 9.42. The van der Waals surface area contributed by atoms with E-state index < -0.39 is 0 Å². The average molecular weight is 178 g/mol. The predicted octanol–water partition coefficient (Wildman–Crippen LogP) is 0.968. The van der Waals surface area contributed by atoms with Crippen molar-refractivity contribution >= 4 is 6.08 Å². The third-order valence-corrected chi connectivity index (χ3v) is 1.58. The molecule has 0 saturated heterocycles. The van der Waals surface area contributed by atoms with Crippen molar-refractivity contribution in [3.8, 4) is 5.75 Å². The molecule has 0 aliphatic heterocycles. The second-order valence-electron chi connectivity index (χ2n) is 2.41. The highest BCUT2D eigenvalue weighted by atomic mass is 16.5. The van der Waals surface area contributed by atoms with Gasteiger partial charge in [0, 0.05) is 12.1 Å². The molecule has 0 aliphatic rings. The lowest BCUT2D eigenvalue weighted by molar-refractivity contribution is 0.412. The highest BCUT2D eigenvalue weighted by molar-refractivity contribution is 5.32. The molecule has 0 bridgehead atoms. The maximum Gasteiger partial charge on any atom is 0.234 e. The van der Waals surface area contributed by atoms with Gasteiger partial charge in [0.1, 0.15) is 5.75 Å². The first-order chi connectivity index (χ1) is 6.36. The lowest BCUT2D eigenvalue weighted by Crippen LogP contribution is -1.93. The zero-order valence-corrected chi connectivity index (χ0v) is 7.36. The van der Waals surface area contributed by atoms with Crippen molar-refractivity contribution in [3.63, 3.8) is 0 Å². The fourth-order valence-corrected chi connectivity index (χ4v) is 0.896. The smallest absolute Gasteiger partial charge is 0.234 e. The van der Waals surface area contributed by atoms with Gasteiger partial charge in [0.15, 0.2) is 0 Å². The molecular weight excluding hydrogens is 168 g/mol. The summed E-state index contributed by atoms with van der Waals surface area (Å²) in [6.07, 6.45) is 3.77. The Hall–Kier alpha value is -1.67. The largest absolute Gasteiger partial charge is 0.495 e. The summed E-state index contributed by atoms with van der Waals surface area (Å²) in [7, 11) is 1.59. The molecule has 1 aromatic heterocycles. The highest BCUT2D eigenvalue weighted by Gasteiger charge is 1.94. The minimum Gasteiger partial charge on any atom is -0.495 e. The summed E-state index contributed by atoms with van der Waals surface area (Å²) in [5, 5.41) is 0. The van der Waals surface area contributed by atoms with E-state index in [-0.39, 0.29) is 0 Å². The van der Waals surface area contributed by atoms with Crippen LogP contribution < -0.4 is 4.74 Å². The maximum atomic E-state index is 9.76. The van der Waals surface area contributed by atoms with Crippen molar-refractivity contribution in [1.29, 1.82) is 0 Å². The van der Waals surface area contributed by atoms with Crippen LogP contribution in [0.1, 0.15) is 5.69 Å². The van der Waals surface area contributed by atoms with Gasteiger partial charge in [-0.05, 0) is 12.1 Å². The van der Waals surface area contributed by atoms with Crippen LogP contribution in [0.15, 0.2) is 23.3 Å². The number of methoxy groups -OCH3 is 1. The average Bonchev–Trinajstić information content (AvgIpc) is 2.19. The topological polar surface area (TPSA) is 51.5 Å². The van der Waals surface area contributed by atoms with E-state index in [1.54, 1.807) is 13.3 Å². The third-order valence-electron chi connectivity index (χ3n) is 1.58. The normalized spacial score (nSPS) is 9.00. The SMILES string of the molecule is COc1ccc(CCN=C=O)nc1. The molecule has 0 N–H and O–H groups in total. The van der Waals surface area contributed by atoms with E-state index in [9.17, 15) is 4.79 Å². The van der Waals surface area contributed by atoms with E-state index in [1.807, 2.05) is 12.1 Å². The highest BCUT2D eigenvalue weighted by Crippen LogP contribution is 2.07. The number of aliphatic imine (C=N–C) groups is 1. The van der Waals surface area contributed by atoms with Crippen LogP contribution in [0.25, 0.3) is 0 Å². The summed E-state index contributed by atoms with van der Waals surface area (Å²) < 4.78 is 4.95. The van der Waals surface area contributed by atoms with Gasteiger partial charge < -0.3 is 4.74 Å². The molecule has 0 saturated carbocycles. The number of pyridine rings is 1. The van der Waals surface area contributed by atoms with Gasteiger partial charge in [0.25, 0.3) is 0 Å². The van der Waals surface area contributed by atoms with Crippen molar-refractivity contribution in [2.24, 2.45) is 4.99 Å². The monoisotopic (exact) mass is 178 g/mol. The second-order valence-corrected chi connectivity index (χ2v) is 2.41. The molecule has 0 amide bonds. The van der Waals surface area contributed by atoms with Crippen molar-refractivity contribution in [3.05, 3.63) is 24.0 Å². The molecule has 0 aromatic carbocycles. The first-order valence-electron chi connectivity index (χ1n) is 3.89. The zero-order chi connectivity index (χ0) is 9.52. The number of aromatic nitrogens is 1. The van der Waals surface area contributed by atoms with Gasteiger partial charge in [-0.15, -0.1) is 0 Å². The van der Waals surface area contributed by atoms with E-state index in [4.69, 9.17) is 4.74 Å². The molecular formula is C9H10N2O2. The Kier molecular flexibility index (Phi) is 3.67. The molecule has 1 rings (SSSR count). The van der Waals surface area contributed by atoms with Gasteiger partial charge >= 0.3 is 0 Å². The summed E-state index contributed by atoms with van der Waals surface area (Å²) >= 11 is 0. The van der Waals surface area contributed by atoms with Crippen LogP contribution in [0.3, 0.4) is 0 Å². The van der Waals surface area contributed by atoms with E-state index in [0.29, 0.717) is 13.0 Å². The fraction of sp³-hybridized carbons (Fsp3) is 0.333. The molecule has 13 heavy (non-hydrogen) atoms. The third kappa shape index (κ3) is 3.05. The molecule has 1 aromatic rings. The van der Waals surface area contributed by atoms with Gasteiger partial charge in [0.2, 0.25) is 6.08 Å². The molecule has 0 aliphatic carbocycles. The number of ether oxygens (including phenoxy) is 1. The summed E-state index contributed by atoms with van der Waals surface area (Å²) in [6.45, 7) is 0.433. The lowest BCUT2D eigenvalue weighted by atomic mass is 10.3. The molecule has 0 radical (unpaired) electrons. The Morgan fingerprint density at radius 1 is 1.62 bits per heavy atom. The van der Waals surface area contributed by atoms with Crippen molar-refractivity contribution in [1.82, 2.24) is 4.98 Å². The van der Waals surface area contributed by atoms with E-state index in [0.717, 1.165) is 11.4 Å². The summed E-state index contributed by atoms with van der Waals surface area (Å²) in [5.41, 5.74) is 0.889. The van der Waals surface area contributed by atoms with Crippen LogP contribution in [-0.4, -0.2) is 24.7 Å². The molecule has 4 nitrogen and oxygen atoms in total. The van der Waals surface area contributed by atoms with Gasteiger partial charge in [-0.2, -0.15) is 0 Å². The molecule has 0 fully saturated rings. The molecule has 4 heteroatoms. The second kappa shape index (κ2) is 5.06. The minimum absolute atomic E-state index is 0.433. The van der Waals surface area contributed by atoms with Crippen LogP contribution >= 0.6 is 0 Å². The van der Waals surface area contributed by atoms with Crippen LogP contribution in [0.5, 0.6) is 5.75 Å². The Bertz CT molecular complexity index is 302. The number of isocyanates is 1. The number of carbonyl (C=O) groups excluding carboxylic acids is 1. The van der Waals surface area contributed by atoms with Crippen molar-refractivity contribution in [2.75, 3.05) is 13.7 Å². The first-order valence-corrected chi connectivity index (χ1v) is 3.89. The maximum absolute atomic E-state index is 9.76. The Labute approximate surface area is 76.3 Å². The quantitative estimate of drug-likeness (QED) is 0.510. The standard InChI is InChI=1S/C9H10N2O2/c1-13-9-3-2-8(11-6-9)4-5-10-7-12/h2-3,6H,4-5H2,1H3. The van der Waals surface area contributed by atoms with E-state index >= 15 is 0 Å². The summed E-state index contributed by atoms with van der Waals surface area (Å²) in [5.74, 6) is 0.725. The van der Waals surface area contributed by atoms with Gasteiger partial charge in [-0.1, -0.05) is 0 Å². The summed E-state index contributed by atoms with van der Waals surface area (Å²) in [6, 6.07) is 3.67. The number of nitrogens with zero attached hydrogens (tertiary/aromatic N) is 2. The molecule has 68 valence electrons. The minimum atomic E-state index is 0.433.